The fourth-order valence-electron chi connectivity index (χ4n) is 5.05. The number of hydrogen-bond acceptors (Lipinski definition) is 6. The molecule has 1 aromatic heterocycles. The van der Waals surface area contributed by atoms with Gasteiger partial charge in [0, 0.05) is 11.8 Å². The van der Waals surface area contributed by atoms with E-state index in [0.29, 0.717) is 41.1 Å². The molecule has 0 saturated carbocycles. The molecule has 1 fully saturated rings. The van der Waals surface area contributed by atoms with E-state index < -0.39 is 8.32 Å². The molecule has 2 atom stereocenters. The van der Waals surface area contributed by atoms with Crippen molar-refractivity contribution in [3.05, 3.63) is 64.3 Å². The van der Waals surface area contributed by atoms with Gasteiger partial charge in [-0.1, -0.05) is 71.9 Å². The van der Waals surface area contributed by atoms with Gasteiger partial charge in [-0.25, -0.2) is 4.79 Å². The molecule has 0 amide bonds. The number of aromatic nitrogens is 2. The highest BCUT2D eigenvalue weighted by Crippen LogP contribution is 2.43. The molecule has 1 aliphatic rings. The zero-order chi connectivity index (χ0) is 24.2. The van der Waals surface area contributed by atoms with Crippen LogP contribution in [0.4, 0.5) is 0 Å². The van der Waals surface area contributed by atoms with Crippen LogP contribution in [0, 0.1) is 0 Å². The number of carbonyl (C=O) groups excluding carboxylic acids is 1. The predicted octanol–water partition coefficient (Wildman–Crippen LogP) is 5.45. The summed E-state index contributed by atoms with van der Waals surface area (Å²) in [6, 6.07) is 10.8. The Bertz CT molecular complexity index is 972. The number of ether oxygens (including phenoxy) is 1. The summed E-state index contributed by atoms with van der Waals surface area (Å²) >= 11 is 1.60. The van der Waals surface area contributed by atoms with Crippen LogP contribution in [0.5, 0.6) is 0 Å². The van der Waals surface area contributed by atoms with E-state index in [1.165, 1.54) is 0 Å². The van der Waals surface area contributed by atoms with Crippen molar-refractivity contribution in [3.63, 3.8) is 0 Å². The van der Waals surface area contributed by atoms with Crippen LogP contribution in [-0.2, 0) is 15.6 Å². The molecule has 180 valence electrons. The Hall–Kier alpha value is -1.74. The minimum absolute atomic E-state index is 0.0517. The number of nitrogens with zero attached hydrogens (tertiary/aromatic N) is 2. The lowest BCUT2D eigenvalue weighted by Crippen LogP contribution is -2.48. The molecule has 33 heavy (non-hydrogen) atoms. The first-order chi connectivity index (χ1) is 15.6. The maximum atomic E-state index is 12.7. The summed E-state index contributed by atoms with van der Waals surface area (Å²) < 4.78 is 14.2. The SMILES string of the molecule is CC(C)[Si](OC[C@@H]1OC[C@H](n2ccc(CC(=O)c3ccccc3)nc2=O)S1)(C(C)C)C(C)C. The van der Waals surface area contributed by atoms with Gasteiger partial charge in [0.15, 0.2) is 14.1 Å². The molecule has 1 aromatic carbocycles. The fraction of sp³-hybridized carbons (Fsp3) is 0.560. The third-order valence-electron chi connectivity index (χ3n) is 6.55. The maximum absolute atomic E-state index is 12.7. The van der Waals surface area contributed by atoms with E-state index in [-0.39, 0.29) is 28.7 Å². The molecule has 1 saturated heterocycles. The highest BCUT2D eigenvalue weighted by atomic mass is 32.2. The van der Waals surface area contributed by atoms with Gasteiger partial charge < -0.3 is 9.16 Å². The molecule has 2 heterocycles. The molecule has 0 N–H and O–H groups in total. The second kappa shape index (κ2) is 11.1. The summed E-state index contributed by atoms with van der Waals surface area (Å²) in [5.41, 5.74) is 2.18. The number of carbonyl (C=O) groups is 1. The first kappa shape index (κ1) is 25.9. The average molecular weight is 489 g/mol. The van der Waals surface area contributed by atoms with Crippen LogP contribution in [-0.4, -0.2) is 42.3 Å². The van der Waals surface area contributed by atoms with Crippen molar-refractivity contribution in [2.45, 2.75) is 75.4 Å². The van der Waals surface area contributed by atoms with Crippen molar-refractivity contribution in [3.8, 4) is 0 Å². The lowest BCUT2D eigenvalue weighted by atomic mass is 10.1. The molecule has 6 nitrogen and oxygen atoms in total. The van der Waals surface area contributed by atoms with Crippen LogP contribution in [0.3, 0.4) is 0 Å². The van der Waals surface area contributed by atoms with Crippen molar-refractivity contribution < 1.29 is 14.0 Å². The largest absolute Gasteiger partial charge is 0.412 e. The Morgan fingerprint density at radius 1 is 1.12 bits per heavy atom. The lowest BCUT2D eigenvalue weighted by Gasteiger charge is -2.42. The minimum atomic E-state index is -1.96. The van der Waals surface area contributed by atoms with Gasteiger partial charge in [-0.3, -0.25) is 9.36 Å². The third-order valence-corrected chi connectivity index (χ3v) is 13.9. The number of rotatable bonds is 10. The fourth-order valence-corrected chi connectivity index (χ4v) is 11.7. The summed E-state index contributed by atoms with van der Waals surface area (Å²) in [5.74, 6) is -0.0517. The van der Waals surface area contributed by atoms with Crippen LogP contribution in [0.2, 0.25) is 16.6 Å². The number of Topliss-reactive ketones (excluding diaryl/α,β-unsaturated/α-hetero) is 1. The second-order valence-corrected chi connectivity index (χ2v) is 16.4. The summed E-state index contributed by atoms with van der Waals surface area (Å²) in [6.45, 7) is 14.6. The van der Waals surface area contributed by atoms with Crippen molar-refractivity contribution in [1.29, 1.82) is 0 Å². The molecule has 0 spiro atoms. The van der Waals surface area contributed by atoms with Crippen LogP contribution in [0.1, 0.15) is 63.0 Å². The molecule has 0 radical (unpaired) electrons. The number of benzene rings is 1. The van der Waals surface area contributed by atoms with Crippen LogP contribution in [0.25, 0.3) is 0 Å². The smallest absolute Gasteiger partial charge is 0.348 e. The molecule has 3 rings (SSSR count). The van der Waals surface area contributed by atoms with Crippen LogP contribution < -0.4 is 5.69 Å². The lowest BCUT2D eigenvalue weighted by molar-refractivity contribution is 0.0819. The van der Waals surface area contributed by atoms with E-state index in [2.05, 4.69) is 46.5 Å². The summed E-state index contributed by atoms with van der Waals surface area (Å²) in [6.07, 6.45) is 1.83. The zero-order valence-electron chi connectivity index (χ0n) is 20.5. The Morgan fingerprint density at radius 3 is 2.33 bits per heavy atom. The van der Waals surface area contributed by atoms with E-state index >= 15 is 0 Å². The van der Waals surface area contributed by atoms with Crippen LogP contribution in [0.15, 0.2) is 47.4 Å². The van der Waals surface area contributed by atoms with Crippen LogP contribution >= 0.6 is 11.8 Å². The number of ketones is 1. The zero-order valence-corrected chi connectivity index (χ0v) is 22.3. The van der Waals surface area contributed by atoms with Crippen molar-refractivity contribution in [1.82, 2.24) is 9.55 Å². The summed E-state index contributed by atoms with van der Waals surface area (Å²) in [4.78, 5) is 29.3. The molecule has 0 aliphatic carbocycles. The Kier molecular flexibility index (Phi) is 8.72. The number of thioether (sulfide) groups is 1. The van der Waals surface area contributed by atoms with E-state index in [1.54, 1.807) is 40.7 Å². The molecule has 1 aliphatic heterocycles. The summed E-state index contributed by atoms with van der Waals surface area (Å²) in [7, 11) is -1.96. The van der Waals surface area contributed by atoms with Gasteiger partial charge in [0.1, 0.15) is 10.8 Å². The monoisotopic (exact) mass is 488 g/mol. The average Bonchev–Trinajstić information content (AvgIpc) is 3.23. The molecular formula is C25H36N2O4SSi. The Labute approximate surface area is 202 Å². The summed E-state index contributed by atoms with van der Waals surface area (Å²) in [5, 5.41) is -0.148. The Balaban J connectivity index is 1.63. The molecular weight excluding hydrogens is 452 g/mol. The predicted molar refractivity (Wildman–Crippen MR) is 136 cm³/mol. The quantitative estimate of drug-likeness (QED) is 0.327. The maximum Gasteiger partial charge on any atom is 0.348 e. The highest BCUT2D eigenvalue weighted by Gasteiger charge is 2.46. The molecule has 8 heteroatoms. The van der Waals surface area contributed by atoms with Gasteiger partial charge in [0.25, 0.3) is 0 Å². The van der Waals surface area contributed by atoms with E-state index in [1.807, 2.05) is 18.2 Å². The van der Waals surface area contributed by atoms with Crippen molar-refractivity contribution in [2.75, 3.05) is 13.2 Å². The topological polar surface area (TPSA) is 70.4 Å². The first-order valence-electron chi connectivity index (χ1n) is 11.7. The number of hydrogen-bond donors (Lipinski definition) is 0. The molecule has 2 aromatic rings. The van der Waals surface area contributed by atoms with Crippen molar-refractivity contribution in [2.24, 2.45) is 0 Å². The van der Waals surface area contributed by atoms with E-state index in [9.17, 15) is 9.59 Å². The minimum Gasteiger partial charge on any atom is -0.412 e. The normalized spacial score (nSPS) is 19.1. The first-order valence-corrected chi connectivity index (χ1v) is 14.8. The molecule has 0 bridgehead atoms. The highest BCUT2D eigenvalue weighted by molar-refractivity contribution is 8.00. The van der Waals surface area contributed by atoms with Gasteiger partial charge in [0.2, 0.25) is 0 Å². The van der Waals surface area contributed by atoms with Gasteiger partial charge in [-0.2, -0.15) is 4.98 Å². The van der Waals surface area contributed by atoms with Crippen molar-refractivity contribution >= 4 is 25.9 Å². The second-order valence-electron chi connectivity index (χ2n) is 9.56. The van der Waals surface area contributed by atoms with Gasteiger partial charge in [-0.15, -0.1) is 11.8 Å². The molecule has 0 unspecified atom stereocenters. The standard InChI is InChI=1S/C25H36N2O4SSi/c1-17(2)33(18(3)4,19(5)6)31-16-24-30-15-23(32-24)27-13-12-21(26-25(27)29)14-22(28)20-10-8-7-9-11-20/h7-13,17-19,23-24H,14-16H2,1-6H3/t23-,24-/m1/s1. The Morgan fingerprint density at radius 2 is 1.76 bits per heavy atom. The van der Waals surface area contributed by atoms with E-state index in [0.717, 1.165) is 0 Å². The van der Waals surface area contributed by atoms with Gasteiger partial charge in [-0.05, 0) is 22.7 Å². The van der Waals surface area contributed by atoms with Gasteiger partial charge >= 0.3 is 5.69 Å². The van der Waals surface area contributed by atoms with Gasteiger partial charge in [0.05, 0.1) is 25.3 Å². The van der Waals surface area contributed by atoms with E-state index in [4.69, 9.17) is 9.16 Å². The third kappa shape index (κ3) is 5.85.